The van der Waals surface area contributed by atoms with E-state index in [0.29, 0.717) is 39.5 Å². The van der Waals surface area contributed by atoms with Gasteiger partial charge in [-0.3, -0.25) is 10.1 Å². The molecule has 35 heavy (non-hydrogen) atoms. The highest BCUT2D eigenvalue weighted by Crippen LogP contribution is 2.42. The maximum absolute atomic E-state index is 11.2. The van der Waals surface area contributed by atoms with Crippen LogP contribution >= 0.6 is 0 Å². The summed E-state index contributed by atoms with van der Waals surface area (Å²) in [7, 11) is 5.98. The van der Waals surface area contributed by atoms with Crippen molar-refractivity contribution in [2.75, 3.05) is 28.4 Å². The second-order valence-corrected chi connectivity index (χ2v) is 7.33. The number of hydrogen-bond donors (Lipinski definition) is 1. The maximum Gasteiger partial charge on any atom is 0.273 e. The van der Waals surface area contributed by atoms with Crippen LogP contribution in [0.1, 0.15) is 17.0 Å². The van der Waals surface area contributed by atoms with E-state index in [9.17, 15) is 15.2 Å². The minimum atomic E-state index is -0.500. The highest BCUT2D eigenvalue weighted by Gasteiger charge is 2.21. The van der Waals surface area contributed by atoms with E-state index in [-0.39, 0.29) is 28.7 Å². The summed E-state index contributed by atoms with van der Waals surface area (Å²) in [6.45, 7) is 0. The van der Waals surface area contributed by atoms with Crippen LogP contribution in [0.5, 0.6) is 28.7 Å². The summed E-state index contributed by atoms with van der Waals surface area (Å²) >= 11 is 0. The Morgan fingerprint density at radius 1 is 0.943 bits per heavy atom. The summed E-state index contributed by atoms with van der Waals surface area (Å²) < 4.78 is 27.6. The normalized spacial score (nSPS) is 11.4. The lowest BCUT2D eigenvalue weighted by Crippen LogP contribution is -1.98. The molecule has 10 nitrogen and oxygen atoms in total. The molecule has 0 atom stereocenters. The second-order valence-electron chi connectivity index (χ2n) is 7.33. The molecule has 10 heteroatoms. The van der Waals surface area contributed by atoms with Gasteiger partial charge in [0.15, 0.2) is 28.6 Å². The largest absolute Gasteiger partial charge is 0.504 e. The summed E-state index contributed by atoms with van der Waals surface area (Å²) in [5.41, 5.74) is 2.42. The Kier molecular flexibility index (Phi) is 6.45. The Bertz CT molecular complexity index is 1420. The number of phenols is 1. The molecule has 3 aromatic carbocycles. The molecule has 0 saturated heterocycles. The Morgan fingerprint density at radius 3 is 2.23 bits per heavy atom. The van der Waals surface area contributed by atoms with Gasteiger partial charge in [-0.1, -0.05) is 6.07 Å². The van der Waals surface area contributed by atoms with Crippen molar-refractivity contribution in [2.24, 2.45) is 0 Å². The highest BCUT2D eigenvalue weighted by molar-refractivity contribution is 5.92. The summed E-state index contributed by atoms with van der Waals surface area (Å²) in [4.78, 5) is 15.2. The summed E-state index contributed by atoms with van der Waals surface area (Å²) in [5, 5.41) is 21.2. The first-order chi connectivity index (χ1) is 16.9. The van der Waals surface area contributed by atoms with Crippen LogP contribution in [0.4, 0.5) is 5.69 Å². The number of aromatic hydroxyl groups is 1. The fourth-order valence-corrected chi connectivity index (χ4v) is 3.60. The van der Waals surface area contributed by atoms with Crippen molar-refractivity contribution in [3.63, 3.8) is 0 Å². The molecule has 0 aliphatic rings. The average molecular weight is 478 g/mol. The summed E-state index contributed by atoms with van der Waals surface area (Å²) in [5.74, 6) is 1.74. The first-order valence-corrected chi connectivity index (χ1v) is 10.3. The van der Waals surface area contributed by atoms with Gasteiger partial charge in [0, 0.05) is 11.6 Å². The van der Waals surface area contributed by atoms with Crippen LogP contribution in [0, 0.1) is 10.1 Å². The molecule has 4 aromatic rings. The topological polar surface area (TPSA) is 126 Å². The lowest BCUT2D eigenvalue weighted by Gasteiger charge is -2.15. The number of hydrogen-bond acceptors (Lipinski definition) is 9. The van der Waals surface area contributed by atoms with E-state index < -0.39 is 4.92 Å². The molecular formula is C25H22N2O8. The van der Waals surface area contributed by atoms with Gasteiger partial charge in [0.25, 0.3) is 5.69 Å². The van der Waals surface area contributed by atoms with E-state index in [1.165, 1.54) is 52.7 Å². The summed E-state index contributed by atoms with van der Waals surface area (Å²) in [6, 6.07) is 12.5. The van der Waals surface area contributed by atoms with Crippen LogP contribution in [0.2, 0.25) is 0 Å². The summed E-state index contributed by atoms with van der Waals surface area (Å²) in [6.07, 6.45) is 1.78. The molecule has 0 radical (unpaired) electrons. The molecule has 0 bridgehead atoms. The number of non-ortho nitro benzene ring substituents is 1. The SMILES string of the molecule is COc1cc(/C=C(\c2cc(OC)c(OC)c(OC)c2)c2nc3ccc([N+](=O)[O-])cc3o2)ccc1O. The molecule has 4 rings (SSSR count). The highest BCUT2D eigenvalue weighted by atomic mass is 16.6. The predicted octanol–water partition coefficient (Wildman–Crippen LogP) is 5.06. The van der Waals surface area contributed by atoms with Crippen molar-refractivity contribution in [3.8, 4) is 28.7 Å². The molecule has 1 aromatic heterocycles. The molecule has 0 spiro atoms. The molecule has 1 heterocycles. The minimum Gasteiger partial charge on any atom is -0.504 e. The van der Waals surface area contributed by atoms with Crippen LogP contribution in [-0.2, 0) is 0 Å². The van der Waals surface area contributed by atoms with Gasteiger partial charge in [-0.15, -0.1) is 0 Å². The first-order valence-electron chi connectivity index (χ1n) is 10.3. The fraction of sp³-hybridized carbons (Fsp3) is 0.160. The molecule has 0 saturated carbocycles. The smallest absolute Gasteiger partial charge is 0.273 e. The number of benzene rings is 3. The predicted molar refractivity (Wildman–Crippen MR) is 128 cm³/mol. The molecule has 180 valence electrons. The zero-order valence-corrected chi connectivity index (χ0v) is 19.4. The zero-order chi connectivity index (χ0) is 25.1. The van der Waals surface area contributed by atoms with Gasteiger partial charge in [-0.05, 0) is 47.5 Å². The molecule has 0 aliphatic heterocycles. The quantitative estimate of drug-likeness (QED) is 0.210. The number of aromatic nitrogens is 1. The van der Waals surface area contributed by atoms with E-state index in [2.05, 4.69) is 4.98 Å². The van der Waals surface area contributed by atoms with Crippen LogP contribution < -0.4 is 18.9 Å². The average Bonchev–Trinajstić information content (AvgIpc) is 3.30. The Balaban J connectivity index is 1.96. The number of methoxy groups -OCH3 is 4. The van der Waals surface area contributed by atoms with E-state index in [4.69, 9.17) is 23.4 Å². The van der Waals surface area contributed by atoms with Crippen molar-refractivity contribution in [1.82, 2.24) is 4.98 Å². The molecule has 0 amide bonds. The van der Waals surface area contributed by atoms with Crippen molar-refractivity contribution in [1.29, 1.82) is 0 Å². The first kappa shape index (κ1) is 23.4. The number of oxazole rings is 1. The van der Waals surface area contributed by atoms with Crippen molar-refractivity contribution in [3.05, 3.63) is 75.7 Å². The standard InChI is InChI=1S/C25H22N2O8/c1-31-21-10-14(5-8-19(21)28)9-17(15-11-22(32-2)24(34-4)23(12-15)33-3)25-26-18-7-6-16(27(29)30)13-20(18)35-25/h5-13,28H,1-4H3/b17-9+. The van der Waals surface area contributed by atoms with Crippen LogP contribution in [0.15, 0.2) is 52.9 Å². The van der Waals surface area contributed by atoms with Gasteiger partial charge in [0.1, 0.15) is 5.52 Å². The van der Waals surface area contributed by atoms with Crippen molar-refractivity contribution in [2.45, 2.75) is 0 Å². The molecule has 0 fully saturated rings. The van der Waals surface area contributed by atoms with Gasteiger partial charge in [0.05, 0.1) is 39.4 Å². The fourth-order valence-electron chi connectivity index (χ4n) is 3.60. The van der Waals surface area contributed by atoms with E-state index >= 15 is 0 Å². The minimum absolute atomic E-state index is 0.00634. The molecule has 0 aliphatic carbocycles. The Labute approximate surface area is 200 Å². The van der Waals surface area contributed by atoms with Crippen LogP contribution in [-0.4, -0.2) is 43.5 Å². The number of nitrogens with zero attached hydrogens (tertiary/aromatic N) is 2. The monoisotopic (exact) mass is 478 g/mol. The van der Waals surface area contributed by atoms with Gasteiger partial charge in [0.2, 0.25) is 11.6 Å². The van der Waals surface area contributed by atoms with E-state index in [0.717, 1.165) is 0 Å². The second kappa shape index (κ2) is 9.64. The van der Waals surface area contributed by atoms with Gasteiger partial charge in [-0.25, -0.2) is 4.98 Å². The number of fused-ring (bicyclic) bond motifs is 1. The number of nitro groups is 1. The lowest BCUT2D eigenvalue weighted by atomic mass is 10.0. The van der Waals surface area contributed by atoms with Crippen molar-refractivity contribution < 1.29 is 33.4 Å². The van der Waals surface area contributed by atoms with Crippen LogP contribution in [0.3, 0.4) is 0 Å². The molecular weight excluding hydrogens is 456 g/mol. The molecule has 0 unspecified atom stereocenters. The Hall–Kier alpha value is -4.73. The number of phenolic OH excluding ortho intramolecular Hbond substituents is 1. The van der Waals surface area contributed by atoms with E-state index in [1.54, 1.807) is 30.3 Å². The van der Waals surface area contributed by atoms with E-state index in [1.807, 2.05) is 0 Å². The third kappa shape index (κ3) is 4.54. The molecule has 1 N–H and O–H groups in total. The number of nitro benzene ring substituents is 1. The Morgan fingerprint density at radius 2 is 1.63 bits per heavy atom. The zero-order valence-electron chi connectivity index (χ0n) is 19.4. The maximum atomic E-state index is 11.2. The third-order valence-electron chi connectivity index (χ3n) is 5.30. The van der Waals surface area contributed by atoms with Crippen LogP contribution in [0.25, 0.3) is 22.7 Å². The number of ether oxygens (including phenoxy) is 4. The number of rotatable bonds is 8. The van der Waals surface area contributed by atoms with Gasteiger partial charge < -0.3 is 28.5 Å². The van der Waals surface area contributed by atoms with Crippen molar-refractivity contribution >= 4 is 28.4 Å². The van der Waals surface area contributed by atoms with Gasteiger partial charge >= 0.3 is 0 Å². The lowest BCUT2D eigenvalue weighted by molar-refractivity contribution is -0.384. The van der Waals surface area contributed by atoms with Gasteiger partial charge in [-0.2, -0.15) is 0 Å². The third-order valence-corrected chi connectivity index (χ3v) is 5.30.